The van der Waals surface area contributed by atoms with Gasteiger partial charge in [0.1, 0.15) is 5.78 Å². The average Bonchev–Trinajstić information content (AvgIpc) is 2.73. The van der Waals surface area contributed by atoms with E-state index in [2.05, 4.69) is 18.9 Å². The van der Waals surface area contributed by atoms with E-state index >= 15 is 0 Å². The van der Waals surface area contributed by atoms with E-state index < -0.39 is 5.92 Å². The molecule has 0 amide bonds. The summed E-state index contributed by atoms with van der Waals surface area (Å²) in [5.41, 5.74) is 1.49. The molecule has 1 fully saturated rings. The highest BCUT2D eigenvalue weighted by Crippen LogP contribution is 2.38. The Bertz CT molecular complexity index is 514. The minimum absolute atomic E-state index is 0.0391. The van der Waals surface area contributed by atoms with Gasteiger partial charge in [0.05, 0.1) is 17.2 Å². The molecule has 1 heterocycles. The number of carbonyl (C=O) groups excluding carboxylic acids is 2. The maximum absolute atomic E-state index is 12.6. The third-order valence-electron chi connectivity index (χ3n) is 4.02. The Morgan fingerprint density at radius 1 is 1.53 bits per heavy atom. The summed E-state index contributed by atoms with van der Waals surface area (Å²) in [5, 5.41) is 4.29. The lowest BCUT2D eigenvalue weighted by Crippen LogP contribution is -2.35. The van der Waals surface area contributed by atoms with Crippen molar-refractivity contribution in [2.24, 2.45) is 18.4 Å². The third-order valence-corrected chi connectivity index (χ3v) is 4.02. The van der Waals surface area contributed by atoms with E-state index in [0.717, 1.165) is 12.1 Å². The maximum atomic E-state index is 12.6. The summed E-state index contributed by atoms with van der Waals surface area (Å²) >= 11 is 0. The molecule has 1 atom stereocenters. The highest BCUT2D eigenvalue weighted by atomic mass is 16.2. The first-order valence-corrected chi connectivity index (χ1v) is 6.93. The fourth-order valence-corrected chi connectivity index (χ4v) is 2.83. The molecule has 0 aromatic carbocycles. The number of rotatable bonds is 3. The average molecular weight is 262 g/mol. The molecule has 1 aromatic heterocycles. The molecule has 1 aromatic rings. The number of aromatic nitrogens is 2. The molecule has 1 aliphatic rings. The maximum Gasteiger partial charge on any atom is 0.176 e. The van der Waals surface area contributed by atoms with Gasteiger partial charge >= 0.3 is 0 Å². The number of Topliss-reactive ketones (excluding diaryl/α,β-unsaturated/α-hetero) is 2. The van der Waals surface area contributed by atoms with Crippen molar-refractivity contribution in [3.05, 3.63) is 17.5 Å². The van der Waals surface area contributed by atoms with Crippen LogP contribution in [0.4, 0.5) is 0 Å². The summed E-state index contributed by atoms with van der Waals surface area (Å²) in [6.45, 7) is 6.24. The molecular formula is C15H22N2O2. The predicted octanol–water partition coefficient (Wildman–Crippen LogP) is 2.56. The van der Waals surface area contributed by atoms with Crippen LogP contribution in [-0.2, 0) is 18.3 Å². The molecule has 1 aliphatic carbocycles. The molecule has 0 radical (unpaired) electrons. The number of aryl methyl sites for hydroxylation is 2. The Morgan fingerprint density at radius 2 is 2.21 bits per heavy atom. The van der Waals surface area contributed by atoms with Gasteiger partial charge in [-0.15, -0.1) is 0 Å². The summed E-state index contributed by atoms with van der Waals surface area (Å²) in [7, 11) is 1.81. The van der Waals surface area contributed by atoms with Crippen molar-refractivity contribution < 1.29 is 9.59 Å². The summed E-state index contributed by atoms with van der Waals surface area (Å²) in [6.07, 6.45) is 4.51. The van der Waals surface area contributed by atoms with Gasteiger partial charge in [0, 0.05) is 19.7 Å². The molecule has 0 saturated heterocycles. The second-order valence-electron chi connectivity index (χ2n) is 6.27. The first kappa shape index (κ1) is 14.0. The second-order valence-corrected chi connectivity index (χ2v) is 6.27. The van der Waals surface area contributed by atoms with Crippen LogP contribution in [0.25, 0.3) is 0 Å². The zero-order chi connectivity index (χ0) is 14.2. The molecule has 0 bridgehead atoms. The van der Waals surface area contributed by atoms with E-state index in [-0.39, 0.29) is 17.0 Å². The molecule has 2 rings (SSSR count). The number of hydrogen-bond donors (Lipinski definition) is 0. The van der Waals surface area contributed by atoms with Gasteiger partial charge in [-0.3, -0.25) is 14.3 Å². The smallest absolute Gasteiger partial charge is 0.176 e. The van der Waals surface area contributed by atoms with Crippen molar-refractivity contribution in [3.63, 3.8) is 0 Å². The van der Waals surface area contributed by atoms with Crippen LogP contribution in [0.5, 0.6) is 0 Å². The van der Waals surface area contributed by atoms with E-state index in [1.807, 2.05) is 14.0 Å². The molecule has 4 heteroatoms. The van der Waals surface area contributed by atoms with Crippen LogP contribution >= 0.6 is 0 Å². The number of carbonyl (C=O) groups is 2. The minimum atomic E-state index is -0.474. The molecular weight excluding hydrogens is 240 g/mol. The van der Waals surface area contributed by atoms with Gasteiger partial charge in [-0.25, -0.2) is 0 Å². The van der Waals surface area contributed by atoms with E-state index in [9.17, 15) is 9.59 Å². The molecule has 1 unspecified atom stereocenters. The lowest BCUT2D eigenvalue weighted by atomic mass is 9.69. The molecule has 104 valence electrons. The van der Waals surface area contributed by atoms with Crippen LogP contribution in [0.1, 0.15) is 56.1 Å². The Morgan fingerprint density at radius 3 is 2.84 bits per heavy atom. The third kappa shape index (κ3) is 2.77. The van der Waals surface area contributed by atoms with Crippen LogP contribution in [-0.4, -0.2) is 21.3 Å². The zero-order valence-corrected chi connectivity index (χ0v) is 12.2. The van der Waals surface area contributed by atoms with E-state index in [1.54, 1.807) is 10.9 Å². The normalized spacial score (nSPS) is 22.5. The summed E-state index contributed by atoms with van der Waals surface area (Å²) < 4.78 is 1.66. The largest absolute Gasteiger partial charge is 0.299 e. The Balaban J connectivity index is 2.29. The van der Waals surface area contributed by atoms with E-state index in [0.29, 0.717) is 24.8 Å². The van der Waals surface area contributed by atoms with Crippen molar-refractivity contribution >= 4 is 11.6 Å². The fourth-order valence-electron chi connectivity index (χ4n) is 2.83. The van der Waals surface area contributed by atoms with Crippen LogP contribution in [0.15, 0.2) is 6.20 Å². The fraction of sp³-hybridized carbons (Fsp3) is 0.667. The van der Waals surface area contributed by atoms with Crippen LogP contribution in [0.3, 0.4) is 0 Å². The van der Waals surface area contributed by atoms with Gasteiger partial charge in [0.15, 0.2) is 5.78 Å². The lowest BCUT2D eigenvalue weighted by molar-refractivity contribution is -0.125. The molecule has 19 heavy (non-hydrogen) atoms. The molecule has 0 spiro atoms. The van der Waals surface area contributed by atoms with Gasteiger partial charge < -0.3 is 0 Å². The SMILES string of the molecule is CCc1nn(C)cc1C(=O)C1CC(C)(C)CCC1=O. The first-order valence-electron chi connectivity index (χ1n) is 6.93. The van der Waals surface area contributed by atoms with Gasteiger partial charge in [-0.05, 0) is 24.7 Å². The molecule has 0 aliphatic heterocycles. The number of hydrogen-bond acceptors (Lipinski definition) is 3. The van der Waals surface area contributed by atoms with Crippen molar-refractivity contribution in [3.8, 4) is 0 Å². The Kier molecular flexibility index (Phi) is 3.61. The quantitative estimate of drug-likeness (QED) is 0.621. The van der Waals surface area contributed by atoms with Gasteiger partial charge in [0.25, 0.3) is 0 Å². The summed E-state index contributed by atoms with van der Waals surface area (Å²) in [5.74, 6) is -0.420. The number of nitrogens with zero attached hydrogens (tertiary/aromatic N) is 2. The molecule has 1 saturated carbocycles. The predicted molar refractivity (Wildman–Crippen MR) is 73.0 cm³/mol. The van der Waals surface area contributed by atoms with E-state index in [4.69, 9.17) is 0 Å². The van der Waals surface area contributed by atoms with Gasteiger partial charge in [-0.1, -0.05) is 20.8 Å². The van der Waals surface area contributed by atoms with Crippen LogP contribution in [0, 0.1) is 11.3 Å². The van der Waals surface area contributed by atoms with E-state index in [1.165, 1.54) is 0 Å². The first-order chi connectivity index (χ1) is 8.84. The zero-order valence-electron chi connectivity index (χ0n) is 12.2. The van der Waals surface area contributed by atoms with Crippen molar-refractivity contribution in [1.29, 1.82) is 0 Å². The van der Waals surface area contributed by atoms with Gasteiger partial charge in [0.2, 0.25) is 0 Å². The Labute approximate surface area is 114 Å². The van der Waals surface area contributed by atoms with Crippen LogP contribution in [0.2, 0.25) is 0 Å². The molecule has 0 N–H and O–H groups in total. The Hall–Kier alpha value is -1.45. The molecule has 4 nitrogen and oxygen atoms in total. The topological polar surface area (TPSA) is 52.0 Å². The van der Waals surface area contributed by atoms with Crippen molar-refractivity contribution in [1.82, 2.24) is 9.78 Å². The second kappa shape index (κ2) is 4.91. The summed E-state index contributed by atoms with van der Waals surface area (Å²) in [6, 6.07) is 0. The highest BCUT2D eigenvalue weighted by molar-refractivity contribution is 6.11. The monoisotopic (exact) mass is 262 g/mol. The van der Waals surface area contributed by atoms with Crippen molar-refractivity contribution in [2.75, 3.05) is 0 Å². The number of ketones is 2. The minimum Gasteiger partial charge on any atom is -0.299 e. The highest BCUT2D eigenvalue weighted by Gasteiger charge is 2.38. The van der Waals surface area contributed by atoms with Crippen molar-refractivity contribution in [2.45, 2.75) is 46.5 Å². The standard InChI is InChI=1S/C15H22N2O2/c1-5-12-11(9-17(4)16-12)14(19)10-8-15(2,3)7-6-13(10)18/h9-10H,5-8H2,1-4H3. The lowest BCUT2D eigenvalue weighted by Gasteiger charge is -2.33. The summed E-state index contributed by atoms with van der Waals surface area (Å²) in [4.78, 5) is 24.7. The van der Waals surface area contributed by atoms with Gasteiger partial charge in [-0.2, -0.15) is 5.10 Å². The van der Waals surface area contributed by atoms with Crippen LogP contribution < -0.4 is 0 Å².